The predicted molar refractivity (Wildman–Crippen MR) is 110 cm³/mol. The van der Waals surface area contributed by atoms with E-state index in [1.54, 1.807) is 14.0 Å². The first-order valence-electron chi connectivity index (χ1n) is 10.6. The van der Waals surface area contributed by atoms with E-state index in [1.807, 2.05) is 36.9 Å². The molecule has 1 aromatic carbocycles. The number of aryl methyl sites for hydroxylation is 1. The van der Waals surface area contributed by atoms with Gasteiger partial charge in [0.25, 0.3) is 0 Å². The van der Waals surface area contributed by atoms with Gasteiger partial charge in [-0.3, -0.25) is 9.59 Å². The Labute approximate surface area is 169 Å². The molecular weight excluding hydrogens is 352 g/mol. The van der Waals surface area contributed by atoms with E-state index in [0.29, 0.717) is 19.5 Å². The molecule has 0 aromatic heterocycles. The van der Waals surface area contributed by atoms with Crippen LogP contribution in [0.3, 0.4) is 0 Å². The van der Waals surface area contributed by atoms with E-state index >= 15 is 0 Å². The lowest BCUT2D eigenvalue weighted by Crippen LogP contribution is -2.47. The lowest BCUT2D eigenvalue weighted by Gasteiger charge is -2.41. The highest BCUT2D eigenvalue weighted by molar-refractivity contribution is 5.80. The number of likely N-dealkylation sites (N-methyl/N-ethyl adjacent to an activating group) is 1. The first kappa shape index (κ1) is 20.7. The summed E-state index contributed by atoms with van der Waals surface area (Å²) < 4.78 is 5.46. The molecule has 28 heavy (non-hydrogen) atoms. The van der Waals surface area contributed by atoms with Crippen molar-refractivity contribution in [1.82, 2.24) is 9.80 Å². The standard InChI is InChI=1S/C23H34N2O3/c1-5-24(22(27)14-19-13-17(2)9-10-21(19)28-4)20-15-23(11-7-6-8-12-23)25(16-20)18(3)26/h9-10,13,20H,5-8,11-12,14-16H2,1-4H3/t20-/m0/s1. The van der Waals surface area contributed by atoms with Gasteiger partial charge in [0.15, 0.2) is 0 Å². The molecule has 154 valence electrons. The van der Waals surface area contributed by atoms with Crippen molar-refractivity contribution in [2.45, 2.75) is 77.3 Å². The maximum Gasteiger partial charge on any atom is 0.227 e. The van der Waals surface area contributed by atoms with Gasteiger partial charge in [-0.1, -0.05) is 37.0 Å². The van der Waals surface area contributed by atoms with Crippen molar-refractivity contribution >= 4 is 11.8 Å². The molecule has 0 radical (unpaired) electrons. The Morgan fingerprint density at radius 3 is 2.57 bits per heavy atom. The van der Waals surface area contributed by atoms with Crippen LogP contribution in [0.25, 0.3) is 0 Å². The second kappa shape index (κ2) is 8.54. The van der Waals surface area contributed by atoms with Gasteiger partial charge in [0.05, 0.1) is 19.6 Å². The van der Waals surface area contributed by atoms with Crippen LogP contribution in [0.1, 0.15) is 63.5 Å². The summed E-state index contributed by atoms with van der Waals surface area (Å²) in [5.74, 6) is 1.02. The monoisotopic (exact) mass is 386 g/mol. The van der Waals surface area contributed by atoms with Crippen LogP contribution in [0.15, 0.2) is 18.2 Å². The SMILES string of the molecule is CCN(C(=O)Cc1cc(C)ccc1OC)[C@@H]1CN(C(C)=O)C2(CCCCC2)C1. The number of rotatable bonds is 5. The molecule has 1 aromatic rings. The number of carbonyl (C=O) groups excluding carboxylic acids is 2. The maximum atomic E-state index is 13.2. The van der Waals surface area contributed by atoms with E-state index in [4.69, 9.17) is 4.74 Å². The van der Waals surface area contributed by atoms with Crippen molar-refractivity contribution in [2.24, 2.45) is 0 Å². The van der Waals surface area contributed by atoms with E-state index in [9.17, 15) is 9.59 Å². The number of nitrogens with zero attached hydrogens (tertiary/aromatic N) is 2. The minimum atomic E-state index is -0.0382. The number of hydrogen-bond donors (Lipinski definition) is 0. The maximum absolute atomic E-state index is 13.2. The van der Waals surface area contributed by atoms with Gasteiger partial charge in [0, 0.05) is 31.1 Å². The van der Waals surface area contributed by atoms with Crippen molar-refractivity contribution in [1.29, 1.82) is 0 Å². The van der Waals surface area contributed by atoms with Crippen molar-refractivity contribution < 1.29 is 14.3 Å². The van der Waals surface area contributed by atoms with Gasteiger partial charge in [-0.25, -0.2) is 0 Å². The summed E-state index contributed by atoms with van der Waals surface area (Å²) in [6, 6.07) is 6.07. The fourth-order valence-electron chi connectivity index (χ4n) is 5.32. The molecular formula is C23H34N2O3. The fourth-order valence-corrected chi connectivity index (χ4v) is 5.32. The van der Waals surface area contributed by atoms with Gasteiger partial charge in [-0.15, -0.1) is 0 Å². The Balaban J connectivity index is 1.78. The molecule has 0 bridgehead atoms. The lowest BCUT2D eigenvalue weighted by molar-refractivity contribution is -0.135. The first-order valence-corrected chi connectivity index (χ1v) is 10.6. The molecule has 1 heterocycles. The average molecular weight is 387 g/mol. The normalized spacial score (nSPS) is 21.0. The van der Waals surface area contributed by atoms with Gasteiger partial charge in [-0.2, -0.15) is 0 Å². The quantitative estimate of drug-likeness (QED) is 0.775. The second-order valence-corrected chi connectivity index (χ2v) is 8.44. The van der Waals surface area contributed by atoms with Gasteiger partial charge in [0.2, 0.25) is 11.8 Å². The number of benzene rings is 1. The number of likely N-dealkylation sites (tertiary alicyclic amines) is 1. The largest absolute Gasteiger partial charge is 0.496 e. The molecule has 1 saturated carbocycles. The zero-order valence-corrected chi connectivity index (χ0v) is 17.8. The topological polar surface area (TPSA) is 49.9 Å². The van der Waals surface area contributed by atoms with Crippen LogP contribution < -0.4 is 4.74 Å². The summed E-state index contributed by atoms with van der Waals surface area (Å²) in [5.41, 5.74) is 2.01. The highest BCUT2D eigenvalue weighted by Gasteiger charge is 2.49. The van der Waals surface area contributed by atoms with E-state index < -0.39 is 0 Å². The van der Waals surface area contributed by atoms with Crippen LogP contribution in [0.2, 0.25) is 0 Å². The van der Waals surface area contributed by atoms with Gasteiger partial charge in [0.1, 0.15) is 5.75 Å². The molecule has 1 aliphatic carbocycles. The van der Waals surface area contributed by atoms with Crippen molar-refractivity contribution in [3.8, 4) is 5.75 Å². The number of amides is 2. The summed E-state index contributed by atoms with van der Waals surface area (Å²) in [6.45, 7) is 7.07. The Hall–Kier alpha value is -2.04. The van der Waals surface area contributed by atoms with E-state index in [-0.39, 0.29) is 23.4 Å². The molecule has 0 N–H and O–H groups in total. The third-order valence-electron chi connectivity index (χ3n) is 6.63. The smallest absolute Gasteiger partial charge is 0.227 e. The van der Waals surface area contributed by atoms with Crippen LogP contribution in [0, 0.1) is 6.92 Å². The zero-order valence-electron chi connectivity index (χ0n) is 17.8. The first-order chi connectivity index (χ1) is 13.4. The molecule has 5 heteroatoms. The molecule has 1 spiro atoms. The highest BCUT2D eigenvalue weighted by Crippen LogP contribution is 2.43. The third kappa shape index (κ3) is 4.03. The minimum absolute atomic E-state index is 0.0382. The van der Waals surface area contributed by atoms with Crippen LogP contribution in [0.5, 0.6) is 5.75 Å². The minimum Gasteiger partial charge on any atom is -0.496 e. The molecule has 1 atom stereocenters. The number of methoxy groups -OCH3 is 1. The zero-order chi connectivity index (χ0) is 20.3. The van der Waals surface area contributed by atoms with Crippen LogP contribution >= 0.6 is 0 Å². The molecule has 1 saturated heterocycles. The lowest BCUT2D eigenvalue weighted by atomic mass is 9.79. The second-order valence-electron chi connectivity index (χ2n) is 8.44. The Morgan fingerprint density at radius 2 is 1.96 bits per heavy atom. The Kier molecular flexibility index (Phi) is 6.31. The van der Waals surface area contributed by atoms with E-state index in [1.165, 1.54) is 19.3 Å². The third-order valence-corrected chi connectivity index (χ3v) is 6.63. The number of carbonyl (C=O) groups is 2. The summed E-state index contributed by atoms with van der Waals surface area (Å²) in [6.07, 6.45) is 7.00. The molecule has 2 amide bonds. The van der Waals surface area contributed by atoms with E-state index in [2.05, 4.69) is 4.90 Å². The van der Waals surface area contributed by atoms with E-state index in [0.717, 1.165) is 36.1 Å². The Bertz CT molecular complexity index is 725. The van der Waals surface area contributed by atoms with Crippen molar-refractivity contribution in [3.63, 3.8) is 0 Å². The number of hydrogen-bond acceptors (Lipinski definition) is 3. The molecule has 2 fully saturated rings. The summed E-state index contributed by atoms with van der Waals surface area (Å²) in [7, 11) is 1.64. The van der Waals surface area contributed by atoms with Crippen LogP contribution in [-0.4, -0.2) is 53.4 Å². The highest BCUT2D eigenvalue weighted by atomic mass is 16.5. The van der Waals surface area contributed by atoms with Gasteiger partial charge in [-0.05, 0) is 39.2 Å². The molecule has 1 aliphatic heterocycles. The summed E-state index contributed by atoms with van der Waals surface area (Å²) in [4.78, 5) is 29.6. The molecule has 0 unspecified atom stereocenters. The molecule has 5 nitrogen and oxygen atoms in total. The Morgan fingerprint density at radius 1 is 1.25 bits per heavy atom. The predicted octanol–water partition coefficient (Wildman–Crippen LogP) is 3.72. The summed E-state index contributed by atoms with van der Waals surface area (Å²) in [5, 5.41) is 0. The summed E-state index contributed by atoms with van der Waals surface area (Å²) >= 11 is 0. The van der Waals surface area contributed by atoms with Gasteiger partial charge >= 0.3 is 0 Å². The molecule has 3 rings (SSSR count). The average Bonchev–Trinajstić information content (AvgIpc) is 3.01. The van der Waals surface area contributed by atoms with Crippen molar-refractivity contribution in [2.75, 3.05) is 20.2 Å². The van der Waals surface area contributed by atoms with Crippen LogP contribution in [0.4, 0.5) is 0 Å². The molecule has 2 aliphatic rings. The number of ether oxygens (including phenoxy) is 1. The fraction of sp³-hybridized carbons (Fsp3) is 0.652. The van der Waals surface area contributed by atoms with Gasteiger partial charge < -0.3 is 14.5 Å². The van der Waals surface area contributed by atoms with Crippen molar-refractivity contribution in [3.05, 3.63) is 29.3 Å². The van der Waals surface area contributed by atoms with Crippen LogP contribution in [-0.2, 0) is 16.0 Å².